The molecule has 0 rings (SSSR count). The molecule has 0 heterocycles. The summed E-state index contributed by atoms with van der Waals surface area (Å²) in [5, 5.41) is 31.0. The number of nitrogens with zero attached hydrogens (tertiary/aromatic N) is 2. The van der Waals surface area contributed by atoms with Crippen molar-refractivity contribution in [3.63, 3.8) is 0 Å². The van der Waals surface area contributed by atoms with Gasteiger partial charge in [-0.2, -0.15) is 10.5 Å². The highest BCUT2D eigenvalue weighted by Crippen LogP contribution is 2.14. The molecule has 0 aromatic heterocycles. The summed E-state index contributed by atoms with van der Waals surface area (Å²) in [6.07, 6.45) is 14.9. The maximum Gasteiger partial charge on any atom is 0.133 e. The first-order chi connectivity index (χ1) is 11.3. The summed E-state index contributed by atoms with van der Waals surface area (Å²) in [4.78, 5) is 0. The number of thioether (sulfide) groups is 2. The lowest BCUT2D eigenvalue weighted by atomic mass is 10.0. The zero-order valence-electron chi connectivity index (χ0n) is 14.3. The Balaban J connectivity index is 3.15. The lowest BCUT2D eigenvalue weighted by Crippen LogP contribution is -2.05. The van der Waals surface area contributed by atoms with E-state index in [1.807, 2.05) is 0 Å². The molecular formula is C18H32N2OS2. The van der Waals surface area contributed by atoms with Gasteiger partial charge >= 0.3 is 0 Å². The van der Waals surface area contributed by atoms with Gasteiger partial charge in [0.05, 0.1) is 6.10 Å². The highest BCUT2D eigenvalue weighted by molar-refractivity contribution is 8.03. The topological polar surface area (TPSA) is 67.8 Å². The Kier molecular flexibility index (Phi) is 19.4. The molecule has 0 saturated carbocycles. The molecule has 0 unspecified atom stereocenters. The Labute approximate surface area is 151 Å². The second-order valence-electron chi connectivity index (χ2n) is 6.00. The van der Waals surface area contributed by atoms with Crippen LogP contribution in [0.4, 0.5) is 0 Å². The molecule has 0 saturated heterocycles. The van der Waals surface area contributed by atoms with Crippen molar-refractivity contribution < 1.29 is 5.11 Å². The van der Waals surface area contributed by atoms with Crippen molar-refractivity contribution in [2.75, 3.05) is 11.5 Å². The summed E-state index contributed by atoms with van der Waals surface area (Å²) < 4.78 is 0. The van der Waals surface area contributed by atoms with Gasteiger partial charge in [-0.15, -0.1) is 0 Å². The van der Waals surface area contributed by atoms with Crippen LogP contribution in [0.1, 0.15) is 83.5 Å². The van der Waals surface area contributed by atoms with E-state index in [2.05, 4.69) is 10.8 Å². The summed E-state index contributed by atoms with van der Waals surface area (Å²) in [5.41, 5.74) is 0. The first-order valence-corrected chi connectivity index (χ1v) is 11.0. The summed E-state index contributed by atoms with van der Waals surface area (Å²) >= 11 is 2.70. The smallest absolute Gasteiger partial charge is 0.133 e. The molecule has 3 nitrogen and oxygen atoms in total. The maximum absolute atomic E-state index is 9.95. The number of hydrogen-bond acceptors (Lipinski definition) is 5. The second kappa shape index (κ2) is 19.7. The average Bonchev–Trinajstić information content (AvgIpc) is 2.56. The molecule has 0 bridgehead atoms. The van der Waals surface area contributed by atoms with Crippen LogP contribution < -0.4 is 0 Å². The number of rotatable bonds is 17. The van der Waals surface area contributed by atoms with Crippen molar-refractivity contribution >= 4 is 23.5 Å². The summed E-state index contributed by atoms with van der Waals surface area (Å²) in [5.74, 6) is 1.92. The van der Waals surface area contributed by atoms with E-state index in [0.29, 0.717) is 0 Å². The van der Waals surface area contributed by atoms with Crippen LogP contribution >= 0.6 is 23.5 Å². The van der Waals surface area contributed by atoms with Gasteiger partial charge in [0.25, 0.3) is 0 Å². The van der Waals surface area contributed by atoms with Crippen LogP contribution in [-0.2, 0) is 0 Å². The molecule has 0 aromatic rings. The van der Waals surface area contributed by atoms with Gasteiger partial charge < -0.3 is 5.11 Å². The molecule has 0 radical (unpaired) electrons. The van der Waals surface area contributed by atoms with Gasteiger partial charge in [-0.05, 0) is 49.2 Å². The van der Waals surface area contributed by atoms with Gasteiger partial charge in [0, 0.05) is 11.5 Å². The molecule has 0 spiro atoms. The highest BCUT2D eigenvalue weighted by atomic mass is 32.2. The first-order valence-electron chi connectivity index (χ1n) is 9.01. The largest absolute Gasteiger partial charge is 0.393 e. The average molecular weight is 357 g/mol. The minimum Gasteiger partial charge on any atom is -0.393 e. The molecule has 0 aromatic carbocycles. The van der Waals surface area contributed by atoms with Crippen LogP contribution in [0.5, 0.6) is 0 Å². The normalized spacial score (nSPS) is 11.8. The molecule has 1 atom stereocenters. The van der Waals surface area contributed by atoms with Gasteiger partial charge in [0.15, 0.2) is 0 Å². The fraction of sp³-hybridized carbons (Fsp3) is 0.889. The van der Waals surface area contributed by atoms with E-state index < -0.39 is 0 Å². The number of aliphatic hydroxyl groups is 1. The molecule has 0 amide bonds. The highest BCUT2D eigenvalue weighted by Gasteiger charge is 2.03. The Hall–Kier alpha value is -0.360. The van der Waals surface area contributed by atoms with Crippen LogP contribution in [0.15, 0.2) is 0 Å². The van der Waals surface area contributed by atoms with E-state index in [1.165, 1.54) is 68.5 Å². The van der Waals surface area contributed by atoms with Crippen LogP contribution in [0.25, 0.3) is 0 Å². The van der Waals surface area contributed by atoms with Crippen molar-refractivity contribution in [2.45, 2.75) is 89.6 Å². The Morgan fingerprint density at radius 3 is 1.35 bits per heavy atom. The molecular weight excluding hydrogens is 324 g/mol. The van der Waals surface area contributed by atoms with Crippen LogP contribution in [0.3, 0.4) is 0 Å². The van der Waals surface area contributed by atoms with E-state index in [-0.39, 0.29) is 6.10 Å². The first kappa shape index (κ1) is 22.6. The molecule has 0 aliphatic heterocycles. The standard InChI is InChI=1S/C18H32N2OS2/c19-16-22-14-10-6-2-1-4-8-12-18(21)13-9-5-3-7-11-15-23-17-20/h18,21H,1-15H2/t18-/m1/s1. The number of thiocyanates is 2. The second-order valence-corrected chi connectivity index (χ2v) is 7.76. The molecule has 0 aliphatic carbocycles. The van der Waals surface area contributed by atoms with Crippen molar-refractivity contribution in [3.8, 4) is 10.8 Å². The lowest BCUT2D eigenvalue weighted by Gasteiger charge is -2.10. The molecule has 1 N–H and O–H groups in total. The zero-order valence-corrected chi connectivity index (χ0v) is 16.0. The van der Waals surface area contributed by atoms with Crippen molar-refractivity contribution in [3.05, 3.63) is 0 Å². The van der Waals surface area contributed by atoms with Crippen LogP contribution in [0.2, 0.25) is 0 Å². The minimum atomic E-state index is -0.115. The van der Waals surface area contributed by atoms with Gasteiger partial charge in [-0.25, -0.2) is 0 Å². The van der Waals surface area contributed by atoms with E-state index in [1.54, 1.807) is 0 Å². The number of aliphatic hydroxyl groups excluding tert-OH is 1. The maximum atomic E-state index is 9.95. The number of hydrogen-bond donors (Lipinski definition) is 1. The molecule has 0 fully saturated rings. The van der Waals surface area contributed by atoms with Crippen molar-refractivity contribution in [2.24, 2.45) is 0 Å². The number of unbranched alkanes of at least 4 members (excludes halogenated alkanes) is 9. The molecule has 5 heteroatoms. The van der Waals surface area contributed by atoms with Crippen molar-refractivity contribution in [1.82, 2.24) is 0 Å². The van der Waals surface area contributed by atoms with Gasteiger partial charge in [-0.1, -0.05) is 57.8 Å². The Bertz CT molecular complexity index is 326. The van der Waals surface area contributed by atoms with Crippen LogP contribution in [-0.4, -0.2) is 22.7 Å². The molecule has 132 valence electrons. The van der Waals surface area contributed by atoms with E-state index >= 15 is 0 Å². The van der Waals surface area contributed by atoms with Gasteiger partial charge in [0.2, 0.25) is 0 Å². The quantitative estimate of drug-likeness (QED) is 0.261. The predicted molar refractivity (Wildman–Crippen MR) is 102 cm³/mol. The fourth-order valence-corrected chi connectivity index (χ4v) is 3.46. The minimum absolute atomic E-state index is 0.115. The van der Waals surface area contributed by atoms with E-state index in [0.717, 1.165) is 50.0 Å². The molecule has 0 aliphatic rings. The predicted octanol–water partition coefficient (Wildman–Crippen LogP) is 5.85. The zero-order chi connectivity index (χ0) is 17.0. The van der Waals surface area contributed by atoms with Crippen LogP contribution in [0, 0.1) is 21.3 Å². The van der Waals surface area contributed by atoms with E-state index in [9.17, 15) is 5.11 Å². The number of nitriles is 2. The molecule has 23 heavy (non-hydrogen) atoms. The summed E-state index contributed by atoms with van der Waals surface area (Å²) in [7, 11) is 0. The third-order valence-electron chi connectivity index (χ3n) is 3.95. The SMILES string of the molecule is N#CSCCCCCCCC[C@@H](O)CCCCCCCSC#N. The fourth-order valence-electron chi connectivity index (χ4n) is 2.58. The Morgan fingerprint density at radius 1 is 0.609 bits per heavy atom. The Morgan fingerprint density at radius 2 is 0.957 bits per heavy atom. The lowest BCUT2D eigenvalue weighted by molar-refractivity contribution is 0.147. The third kappa shape index (κ3) is 19.6. The van der Waals surface area contributed by atoms with Gasteiger partial charge in [0.1, 0.15) is 10.8 Å². The monoisotopic (exact) mass is 356 g/mol. The summed E-state index contributed by atoms with van der Waals surface area (Å²) in [6, 6.07) is 0. The summed E-state index contributed by atoms with van der Waals surface area (Å²) in [6.45, 7) is 0. The third-order valence-corrected chi connectivity index (χ3v) is 5.19. The van der Waals surface area contributed by atoms with E-state index in [4.69, 9.17) is 10.5 Å². The van der Waals surface area contributed by atoms with Crippen molar-refractivity contribution in [1.29, 1.82) is 10.5 Å². The van der Waals surface area contributed by atoms with Gasteiger partial charge in [-0.3, -0.25) is 0 Å².